The Morgan fingerprint density at radius 3 is 2.94 bits per heavy atom. The maximum Gasteiger partial charge on any atom is 0.360 e. The van der Waals surface area contributed by atoms with Crippen molar-refractivity contribution in [3.8, 4) is 6.07 Å². The predicted molar refractivity (Wildman–Crippen MR) is 61.4 cm³/mol. The Labute approximate surface area is 99.0 Å². The summed E-state index contributed by atoms with van der Waals surface area (Å²) in [4.78, 5) is 14.8. The van der Waals surface area contributed by atoms with Crippen LogP contribution in [0.5, 0.6) is 0 Å². The van der Waals surface area contributed by atoms with Crippen molar-refractivity contribution in [2.24, 2.45) is 15.9 Å². The first-order valence-electron chi connectivity index (χ1n) is 5.11. The quantitative estimate of drug-likeness (QED) is 0.305. The van der Waals surface area contributed by atoms with Gasteiger partial charge in [0.1, 0.15) is 6.17 Å². The van der Waals surface area contributed by atoms with Crippen LogP contribution in [-0.4, -0.2) is 37.2 Å². The summed E-state index contributed by atoms with van der Waals surface area (Å²) >= 11 is 0. The number of carbonyl (C=O) groups is 1. The van der Waals surface area contributed by atoms with Crippen LogP contribution in [-0.2, 0) is 9.53 Å². The van der Waals surface area contributed by atoms with E-state index in [-0.39, 0.29) is 31.7 Å². The van der Waals surface area contributed by atoms with Gasteiger partial charge in [0, 0.05) is 6.42 Å². The van der Waals surface area contributed by atoms with Crippen LogP contribution in [0.1, 0.15) is 19.8 Å². The number of hydrogen-bond donors (Lipinski definition) is 1. The third kappa shape index (κ3) is 7.00. The first-order chi connectivity index (χ1) is 8.15. The van der Waals surface area contributed by atoms with Crippen LogP contribution in [0.25, 0.3) is 0 Å². The molecule has 2 N–H and O–H groups in total. The fourth-order valence-electron chi connectivity index (χ4n) is 0.910. The Kier molecular flexibility index (Phi) is 8.20. The van der Waals surface area contributed by atoms with Crippen molar-refractivity contribution in [3.63, 3.8) is 0 Å². The number of hydrazone groups is 1. The molecule has 0 radical (unpaired) electrons. The highest BCUT2D eigenvalue weighted by molar-refractivity contribution is 6.59. The first kappa shape index (κ1) is 15.0. The van der Waals surface area contributed by atoms with E-state index >= 15 is 0 Å². The zero-order chi connectivity index (χ0) is 13.1. The van der Waals surface area contributed by atoms with Gasteiger partial charge in [0.25, 0.3) is 0 Å². The van der Waals surface area contributed by atoms with Crippen molar-refractivity contribution < 1.29 is 13.9 Å². The number of carbonyl (C=O) groups excluding carboxylic acids is 1. The van der Waals surface area contributed by atoms with Gasteiger partial charge in [-0.05, 0) is 13.3 Å². The lowest BCUT2D eigenvalue weighted by Gasteiger charge is -2.01. The number of aliphatic imine (C=N–C) groups is 1. The summed E-state index contributed by atoms with van der Waals surface area (Å²) in [5, 5.41) is 11.4. The number of nitriles is 1. The van der Waals surface area contributed by atoms with E-state index in [0.717, 1.165) is 6.21 Å². The normalized spacial score (nSPS) is 13.4. The van der Waals surface area contributed by atoms with Crippen molar-refractivity contribution in [1.29, 1.82) is 5.26 Å². The topological polar surface area (TPSA) is 101 Å². The van der Waals surface area contributed by atoms with E-state index < -0.39 is 12.1 Å². The van der Waals surface area contributed by atoms with Crippen LogP contribution < -0.4 is 5.84 Å². The van der Waals surface area contributed by atoms with E-state index in [1.807, 2.05) is 6.07 Å². The van der Waals surface area contributed by atoms with Gasteiger partial charge in [-0.15, -0.1) is 0 Å². The molecule has 0 aliphatic heterocycles. The van der Waals surface area contributed by atoms with E-state index in [1.165, 1.54) is 0 Å². The summed E-state index contributed by atoms with van der Waals surface area (Å²) in [7, 11) is 0. The Bertz CT molecular complexity index is 336. The highest BCUT2D eigenvalue weighted by atomic mass is 19.1. The smallest absolute Gasteiger partial charge is 0.360 e. The summed E-state index contributed by atoms with van der Waals surface area (Å²) in [6, 6.07) is 1.83. The van der Waals surface area contributed by atoms with Gasteiger partial charge in [0.05, 0.1) is 25.4 Å². The fourth-order valence-corrected chi connectivity index (χ4v) is 0.910. The summed E-state index contributed by atoms with van der Waals surface area (Å²) in [5.74, 6) is 4.26. The van der Waals surface area contributed by atoms with E-state index in [9.17, 15) is 9.18 Å². The molecule has 1 unspecified atom stereocenters. The number of halogens is 1. The number of rotatable bonds is 7. The van der Waals surface area contributed by atoms with E-state index in [4.69, 9.17) is 11.1 Å². The molecule has 17 heavy (non-hydrogen) atoms. The molecular formula is C10H15FN4O2. The van der Waals surface area contributed by atoms with Gasteiger partial charge in [-0.25, -0.2) is 9.18 Å². The largest absolute Gasteiger partial charge is 0.461 e. The Balaban J connectivity index is 4.13. The Hall–Kier alpha value is -1.97. The third-order valence-electron chi connectivity index (χ3n) is 1.71. The molecule has 0 aliphatic rings. The molecule has 0 aromatic heterocycles. The average molecular weight is 242 g/mol. The van der Waals surface area contributed by atoms with Crippen LogP contribution in [0, 0.1) is 11.3 Å². The molecule has 1 atom stereocenters. The van der Waals surface area contributed by atoms with E-state index in [1.54, 1.807) is 6.92 Å². The zero-order valence-electron chi connectivity index (χ0n) is 9.60. The molecule has 7 heteroatoms. The average Bonchev–Trinajstić information content (AvgIpc) is 2.32. The van der Waals surface area contributed by atoms with Crippen LogP contribution in [0.3, 0.4) is 0 Å². The number of nitrogens with zero attached hydrogens (tertiary/aromatic N) is 3. The molecule has 0 spiro atoms. The van der Waals surface area contributed by atoms with Crippen LogP contribution >= 0.6 is 0 Å². The first-order valence-corrected chi connectivity index (χ1v) is 5.11. The van der Waals surface area contributed by atoms with Crippen molar-refractivity contribution in [2.45, 2.75) is 25.9 Å². The van der Waals surface area contributed by atoms with Crippen LogP contribution in [0.4, 0.5) is 4.39 Å². The number of nitrogens with two attached hydrogens (primary N) is 1. The van der Waals surface area contributed by atoms with Gasteiger partial charge >= 0.3 is 5.97 Å². The number of esters is 1. The number of hydrogen-bond acceptors (Lipinski definition) is 6. The minimum Gasteiger partial charge on any atom is -0.461 e. The molecule has 0 aromatic rings. The van der Waals surface area contributed by atoms with Gasteiger partial charge in [0.15, 0.2) is 5.71 Å². The minimum absolute atomic E-state index is 0.113. The molecule has 0 heterocycles. The number of ether oxygens (including phenoxy) is 1. The molecule has 0 amide bonds. The highest BCUT2D eigenvalue weighted by Crippen LogP contribution is 2.01. The lowest BCUT2D eigenvalue weighted by molar-refractivity contribution is -0.134. The summed E-state index contributed by atoms with van der Waals surface area (Å²) in [6.45, 7) is 1.70. The molecule has 0 fully saturated rings. The molecule has 6 nitrogen and oxygen atoms in total. The molecule has 94 valence electrons. The molecule has 0 aromatic carbocycles. The third-order valence-corrected chi connectivity index (χ3v) is 1.71. The fraction of sp³-hybridized carbons (Fsp3) is 0.600. The summed E-state index contributed by atoms with van der Waals surface area (Å²) in [5.41, 5.74) is -0.167. The Morgan fingerprint density at radius 2 is 2.41 bits per heavy atom. The predicted octanol–water partition coefficient (Wildman–Crippen LogP) is 0.577. The number of alkyl halides is 1. The van der Waals surface area contributed by atoms with Gasteiger partial charge in [-0.2, -0.15) is 10.4 Å². The maximum absolute atomic E-state index is 13.0. The monoisotopic (exact) mass is 242 g/mol. The van der Waals surface area contributed by atoms with Crippen molar-refractivity contribution in [2.75, 3.05) is 13.2 Å². The van der Waals surface area contributed by atoms with Crippen LogP contribution in [0.2, 0.25) is 0 Å². The van der Waals surface area contributed by atoms with E-state index in [2.05, 4.69) is 14.8 Å². The second-order valence-electron chi connectivity index (χ2n) is 3.02. The Morgan fingerprint density at radius 1 is 1.71 bits per heavy atom. The SMILES string of the molecule is CCOC(=O)C(C=NCC(F)CCC#N)=NN. The van der Waals surface area contributed by atoms with E-state index in [0.29, 0.717) is 0 Å². The van der Waals surface area contributed by atoms with Gasteiger partial charge in [-0.3, -0.25) is 4.99 Å². The van der Waals surface area contributed by atoms with Crippen molar-refractivity contribution in [1.82, 2.24) is 0 Å². The molecule has 0 saturated heterocycles. The lowest BCUT2D eigenvalue weighted by Crippen LogP contribution is -2.21. The molecular weight excluding hydrogens is 227 g/mol. The van der Waals surface area contributed by atoms with Crippen LogP contribution in [0.15, 0.2) is 10.1 Å². The minimum atomic E-state index is -1.22. The molecule has 0 rings (SSSR count). The molecule has 0 aliphatic carbocycles. The standard InChI is InChI=1S/C10H15FN4O2/c1-2-17-10(16)9(15-13)7-14-6-8(11)4-3-5-12/h7-8H,2-4,6,13H2,1H3. The zero-order valence-corrected chi connectivity index (χ0v) is 9.60. The maximum atomic E-state index is 13.0. The molecule has 0 saturated carbocycles. The van der Waals surface area contributed by atoms with Gasteiger partial charge in [0.2, 0.25) is 0 Å². The second kappa shape index (κ2) is 9.27. The molecule has 0 bridgehead atoms. The second-order valence-corrected chi connectivity index (χ2v) is 3.02. The summed E-state index contributed by atoms with van der Waals surface area (Å²) in [6.07, 6.45) is 0.0956. The van der Waals surface area contributed by atoms with Gasteiger partial charge in [-0.1, -0.05) is 0 Å². The summed E-state index contributed by atoms with van der Waals surface area (Å²) < 4.78 is 17.7. The highest BCUT2D eigenvalue weighted by Gasteiger charge is 2.10. The van der Waals surface area contributed by atoms with Crippen molar-refractivity contribution in [3.05, 3.63) is 0 Å². The lowest BCUT2D eigenvalue weighted by atomic mass is 10.2. The van der Waals surface area contributed by atoms with Gasteiger partial charge < -0.3 is 10.6 Å². The van der Waals surface area contributed by atoms with Crippen molar-refractivity contribution >= 4 is 17.9 Å².